The van der Waals surface area contributed by atoms with E-state index in [0.717, 1.165) is 32.1 Å². The zero-order valence-electron chi connectivity index (χ0n) is 23.0. The van der Waals surface area contributed by atoms with Gasteiger partial charge in [-0.3, -0.25) is 0 Å². The molecule has 0 aliphatic carbocycles. The maximum absolute atomic E-state index is 13.6. The first-order chi connectivity index (χ1) is 15.4. The second-order valence-electron chi connectivity index (χ2n) is 10.5. The van der Waals surface area contributed by atoms with E-state index in [1.807, 2.05) is 34.6 Å². The Bertz CT molecular complexity index is 468. The largest absolute Gasteiger partial charge is 0.327 e. The van der Waals surface area contributed by atoms with E-state index >= 15 is 0 Å². The normalized spacial score (nSPS) is 16.4. The van der Waals surface area contributed by atoms with E-state index < -0.39 is 17.5 Å². The zero-order valence-corrected chi connectivity index (χ0v) is 23.0. The Kier molecular flexibility index (Phi) is 17.0. The van der Waals surface area contributed by atoms with Crippen LogP contribution in [-0.4, -0.2) is 43.5 Å². The molecule has 0 heterocycles. The molecule has 0 aromatic rings. The van der Waals surface area contributed by atoms with Crippen LogP contribution in [0.3, 0.4) is 0 Å². The van der Waals surface area contributed by atoms with Gasteiger partial charge in [0.15, 0.2) is 0 Å². The van der Waals surface area contributed by atoms with Gasteiger partial charge in [-0.15, -0.1) is 4.94 Å². The summed E-state index contributed by atoms with van der Waals surface area (Å²) < 4.78 is 43.8. The molecule has 0 saturated carbocycles. The number of hydrogen-bond acceptors (Lipinski definition) is 6. The highest BCUT2D eigenvalue weighted by molar-refractivity contribution is 4.70. The van der Waals surface area contributed by atoms with Gasteiger partial charge in [0.2, 0.25) is 0 Å². The molecule has 2 atom stereocenters. The van der Waals surface area contributed by atoms with Gasteiger partial charge in [-0.25, -0.2) is 0 Å². The van der Waals surface area contributed by atoms with Gasteiger partial charge in [-0.05, 0) is 70.7 Å². The zero-order chi connectivity index (χ0) is 25.4. The predicted octanol–water partition coefficient (Wildman–Crippen LogP) is 7.69. The van der Waals surface area contributed by atoms with E-state index in [4.69, 9.17) is 23.7 Å². The standard InChI is InChI=1S/C26H53FO6/c1-10-12-16-20-28-25(30-21-22(3)4,32-24(7,8)9)17-14-15-18-26(33-27,31-23(5)6)29-19-13-11-2/h22-23H,10-21H2,1-9H3. The molecule has 0 aromatic carbocycles. The molecule has 0 N–H and O–H groups in total. The third-order valence-electron chi connectivity index (χ3n) is 4.74. The molecule has 0 aromatic heterocycles. The Labute approximate surface area is 203 Å². The molecule has 200 valence electrons. The number of ether oxygens (including phenoxy) is 5. The van der Waals surface area contributed by atoms with E-state index in [2.05, 4.69) is 32.6 Å². The lowest BCUT2D eigenvalue weighted by Gasteiger charge is -2.39. The topological polar surface area (TPSA) is 55.4 Å². The molecular formula is C26H53FO6. The first kappa shape index (κ1) is 32.7. The Hall–Kier alpha value is -0.310. The van der Waals surface area contributed by atoms with Gasteiger partial charge in [0, 0.05) is 12.8 Å². The highest BCUT2D eigenvalue weighted by Crippen LogP contribution is 2.32. The molecule has 0 amide bonds. The molecule has 33 heavy (non-hydrogen) atoms. The average molecular weight is 481 g/mol. The number of unbranched alkanes of at least 4 members (excludes halogenated alkanes) is 4. The van der Waals surface area contributed by atoms with Crippen molar-refractivity contribution in [3.63, 3.8) is 0 Å². The molecule has 0 aliphatic rings. The molecule has 0 radical (unpaired) electrons. The van der Waals surface area contributed by atoms with Gasteiger partial charge in [-0.1, -0.05) is 47.0 Å². The molecule has 0 fully saturated rings. The van der Waals surface area contributed by atoms with Crippen molar-refractivity contribution in [2.75, 3.05) is 19.8 Å². The van der Waals surface area contributed by atoms with Crippen molar-refractivity contribution in [2.45, 2.75) is 144 Å². The molecule has 0 spiro atoms. The van der Waals surface area contributed by atoms with Crippen molar-refractivity contribution in [1.29, 1.82) is 0 Å². The first-order valence-corrected chi connectivity index (χ1v) is 13.0. The van der Waals surface area contributed by atoms with E-state index in [1.54, 1.807) is 0 Å². The van der Waals surface area contributed by atoms with Crippen LogP contribution in [0.1, 0.15) is 120 Å². The fourth-order valence-electron chi connectivity index (χ4n) is 3.29. The summed E-state index contributed by atoms with van der Waals surface area (Å²) in [7, 11) is 0. The number of rotatable bonds is 21. The van der Waals surface area contributed by atoms with Crippen molar-refractivity contribution in [1.82, 2.24) is 0 Å². The van der Waals surface area contributed by atoms with Gasteiger partial charge in [0.1, 0.15) is 0 Å². The molecule has 2 unspecified atom stereocenters. The summed E-state index contributed by atoms with van der Waals surface area (Å²) in [4.78, 5) is 4.24. The van der Waals surface area contributed by atoms with Gasteiger partial charge in [0.05, 0.1) is 31.5 Å². The maximum Gasteiger partial charge on any atom is 0.317 e. The smallest absolute Gasteiger partial charge is 0.317 e. The minimum absolute atomic E-state index is 0.234. The van der Waals surface area contributed by atoms with Crippen molar-refractivity contribution in [3.05, 3.63) is 0 Å². The molecule has 7 heteroatoms. The Morgan fingerprint density at radius 3 is 1.73 bits per heavy atom. The summed E-state index contributed by atoms with van der Waals surface area (Å²) in [5, 5.41) is 0. The summed E-state index contributed by atoms with van der Waals surface area (Å²) >= 11 is 0. The lowest BCUT2D eigenvalue weighted by Crippen LogP contribution is -2.46. The number of hydrogen-bond donors (Lipinski definition) is 0. The summed E-state index contributed by atoms with van der Waals surface area (Å²) in [6, 6.07) is 0. The number of halogens is 1. The SMILES string of the molecule is CCCCCOC(CCCCC(OF)(OCCCC)OC(C)C)(OCC(C)C)OC(C)(C)C. The first-order valence-electron chi connectivity index (χ1n) is 13.0. The van der Waals surface area contributed by atoms with E-state index in [0.29, 0.717) is 45.0 Å². The highest BCUT2D eigenvalue weighted by atomic mass is 19.3. The van der Waals surface area contributed by atoms with Crippen LogP contribution >= 0.6 is 0 Å². The summed E-state index contributed by atoms with van der Waals surface area (Å²) in [6.07, 6.45) is 6.72. The van der Waals surface area contributed by atoms with Crippen molar-refractivity contribution in [3.8, 4) is 0 Å². The van der Waals surface area contributed by atoms with Crippen molar-refractivity contribution < 1.29 is 33.2 Å². The Morgan fingerprint density at radius 2 is 1.24 bits per heavy atom. The molecule has 0 saturated heterocycles. The van der Waals surface area contributed by atoms with Gasteiger partial charge in [0.25, 0.3) is 5.97 Å². The molecule has 0 bridgehead atoms. The van der Waals surface area contributed by atoms with Crippen LogP contribution in [0.2, 0.25) is 0 Å². The Morgan fingerprint density at radius 1 is 0.697 bits per heavy atom. The van der Waals surface area contributed by atoms with Crippen molar-refractivity contribution in [2.24, 2.45) is 5.92 Å². The lowest BCUT2D eigenvalue weighted by atomic mass is 10.1. The van der Waals surface area contributed by atoms with Crippen LogP contribution in [0.15, 0.2) is 0 Å². The van der Waals surface area contributed by atoms with Crippen LogP contribution < -0.4 is 0 Å². The van der Waals surface area contributed by atoms with Crippen LogP contribution in [0.4, 0.5) is 4.53 Å². The fraction of sp³-hybridized carbons (Fsp3) is 1.00. The summed E-state index contributed by atoms with van der Waals surface area (Å²) in [5.74, 6) is -2.49. The molecule has 0 rings (SSSR count). The van der Waals surface area contributed by atoms with Crippen LogP contribution in [0, 0.1) is 5.92 Å². The van der Waals surface area contributed by atoms with Crippen LogP contribution in [-0.2, 0) is 28.6 Å². The Balaban J connectivity index is 5.28. The van der Waals surface area contributed by atoms with Crippen molar-refractivity contribution >= 4 is 0 Å². The summed E-state index contributed by atoms with van der Waals surface area (Å²) in [6.45, 7) is 19.5. The molecular weight excluding hydrogens is 427 g/mol. The van der Waals surface area contributed by atoms with Gasteiger partial charge >= 0.3 is 5.97 Å². The van der Waals surface area contributed by atoms with Crippen LogP contribution in [0.5, 0.6) is 0 Å². The third kappa shape index (κ3) is 16.1. The van der Waals surface area contributed by atoms with Gasteiger partial charge < -0.3 is 23.7 Å². The van der Waals surface area contributed by atoms with E-state index in [9.17, 15) is 4.53 Å². The highest BCUT2D eigenvalue weighted by Gasteiger charge is 2.40. The minimum Gasteiger partial charge on any atom is -0.327 e. The van der Waals surface area contributed by atoms with E-state index in [-0.39, 0.29) is 12.5 Å². The predicted molar refractivity (Wildman–Crippen MR) is 130 cm³/mol. The van der Waals surface area contributed by atoms with Gasteiger partial charge in [-0.2, -0.15) is 0 Å². The second-order valence-corrected chi connectivity index (χ2v) is 10.5. The summed E-state index contributed by atoms with van der Waals surface area (Å²) in [5.41, 5.74) is -0.447. The lowest BCUT2D eigenvalue weighted by molar-refractivity contribution is -0.461. The average Bonchev–Trinajstić information content (AvgIpc) is 2.71. The quantitative estimate of drug-likeness (QED) is 0.124. The monoisotopic (exact) mass is 480 g/mol. The fourth-order valence-corrected chi connectivity index (χ4v) is 3.29. The van der Waals surface area contributed by atoms with Crippen LogP contribution in [0.25, 0.3) is 0 Å². The third-order valence-corrected chi connectivity index (χ3v) is 4.74. The minimum atomic E-state index is -1.68. The second kappa shape index (κ2) is 17.2. The van der Waals surface area contributed by atoms with E-state index in [1.165, 1.54) is 0 Å². The maximum atomic E-state index is 13.6. The molecule has 0 aliphatic heterocycles. The molecule has 6 nitrogen and oxygen atoms in total.